The van der Waals surface area contributed by atoms with Crippen LogP contribution in [-0.4, -0.2) is 51.5 Å². The van der Waals surface area contributed by atoms with Crippen molar-refractivity contribution < 1.29 is 9.84 Å². The molecular formula is C14H23N3O2. The molecule has 0 radical (unpaired) electrons. The Morgan fingerprint density at radius 1 is 1.32 bits per heavy atom. The maximum absolute atomic E-state index is 9.46. The van der Waals surface area contributed by atoms with E-state index in [-0.39, 0.29) is 12.5 Å². The highest BCUT2D eigenvalue weighted by Gasteiger charge is 2.10. The lowest BCUT2D eigenvalue weighted by Gasteiger charge is -2.18. The van der Waals surface area contributed by atoms with Crippen LogP contribution in [0.3, 0.4) is 0 Å². The summed E-state index contributed by atoms with van der Waals surface area (Å²) in [5.41, 5.74) is 1.12. The van der Waals surface area contributed by atoms with E-state index in [2.05, 4.69) is 15.6 Å². The summed E-state index contributed by atoms with van der Waals surface area (Å²) in [6.45, 7) is 2.06. The van der Waals surface area contributed by atoms with Crippen LogP contribution in [0.25, 0.3) is 0 Å². The van der Waals surface area contributed by atoms with Crippen molar-refractivity contribution in [3.05, 3.63) is 35.9 Å². The second-order valence-electron chi connectivity index (χ2n) is 4.16. The number of hydrogen-bond acceptors (Lipinski definition) is 3. The van der Waals surface area contributed by atoms with Gasteiger partial charge in [0.15, 0.2) is 5.96 Å². The average Bonchev–Trinajstić information content (AvgIpc) is 2.47. The zero-order chi connectivity index (χ0) is 13.9. The van der Waals surface area contributed by atoms with Gasteiger partial charge in [-0.05, 0) is 5.56 Å². The number of methoxy groups -OCH3 is 1. The number of benzene rings is 1. The van der Waals surface area contributed by atoms with E-state index in [9.17, 15) is 5.11 Å². The van der Waals surface area contributed by atoms with Crippen LogP contribution < -0.4 is 10.6 Å². The Balaban J connectivity index is 2.44. The topological polar surface area (TPSA) is 65.9 Å². The Bertz CT molecular complexity index is 368. The fourth-order valence-corrected chi connectivity index (χ4v) is 1.72. The van der Waals surface area contributed by atoms with Crippen LogP contribution >= 0.6 is 0 Å². The molecule has 1 unspecified atom stereocenters. The fraction of sp³-hybridized carbons (Fsp3) is 0.500. The third kappa shape index (κ3) is 5.72. The molecule has 1 aromatic rings. The number of aliphatic hydroxyl groups excluding tert-OH is 1. The lowest BCUT2D eigenvalue weighted by Crippen LogP contribution is -2.41. The Morgan fingerprint density at radius 3 is 2.63 bits per heavy atom. The molecule has 1 atom stereocenters. The van der Waals surface area contributed by atoms with Gasteiger partial charge in [0.25, 0.3) is 0 Å². The number of nitrogens with one attached hydrogen (secondary N) is 2. The van der Waals surface area contributed by atoms with Crippen LogP contribution in [0.5, 0.6) is 0 Å². The molecular weight excluding hydrogens is 242 g/mol. The molecule has 0 bridgehead atoms. The molecule has 0 saturated carbocycles. The van der Waals surface area contributed by atoms with Crippen molar-refractivity contribution in [2.75, 3.05) is 40.5 Å². The summed E-state index contributed by atoms with van der Waals surface area (Å²) >= 11 is 0. The van der Waals surface area contributed by atoms with Crippen LogP contribution in [0.1, 0.15) is 11.5 Å². The first-order valence-corrected chi connectivity index (χ1v) is 6.41. The maximum Gasteiger partial charge on any atom is 0.191 e. The molecule has 106 valence electrons. The van der Waals surface area contributed by atoms with E-state index in [4.69, 9.17) is 4.74 Å². The van der Waals surface area contributed by atoms with E-state index in [0.29, 0.717) is 25.7 Å². The van der Waals surface area contributed by atoms with Gasteiger partial charge in [0.1, 0.15) is 0 Å². The quantitative estimate of drug-likeness (QED) is 0.383. The monoisotopic (exact) mass is 265 g/mol. The number of rotatable bonds is 7. The minimum atomic E-state index is 0.0576. The van der Waals surface area contributed by atoms with E-state index in [0.717, 1.165) is 5.56 Å². The number of hydrogen-bond donors (Lipinski definition) is 3. The van der Waals surface area contributed by atoms with Crippen molar-refractivity contribution in [1.82, 2.24) is 10.6 Å². The smallest absolute Gasteiger partial charge is 0.191 e. The van der Waals surface area contributed by atoms with Gasteiger partial charge in [0, 0.05) is 33.2 Å². The van der Waals surface area contributed by atoms with Crippen molar-refractivity contribution >= 4 is 5.96 Å². The predicted molar refractivity (Wildman–Crippen MR) is 77.5 cm³/mol. The first-order chi connectivity index (χ1) is 9.31. The first kappa shape index (κ1) is 15.5. The summed E-state index contributed by atoms with van der Waals surface area (Å²) in [6, 6.07) is 9.96. The van der Waals surface area contributed by atoms with Gasteiger partial charge >= 0.3 is 0 Å². The third-order valence-electron chi connectivity index (χ3n) is 2.83. The Morgan fingerprint density at radius 2 is 2.05 bits per heavy atom. The number of aliphatic imine (C=N–C) groups is 1. The highest BCUT2D eigenvalue weighted by molar-refractivity contribution is 5.79. The molecule has 0 saturated heterocycles. The molecule has 5 heteroatoms. The number of guanidine groups is 1. The van der Waals surface area contributed by atoms with Crippen molar-refractivity contribution in [2.45, 2.75) is 5.92 Å². The number of aliphatic hydroxyl groups is 1. The van der Waals surface area contributed by atoms with Crippen LogP contribution in [0.2, 0.25) is 0 Å². The predicted octanol–water partition coefficient (Wildman–Crippen LogP) is 0.574. The molecule has 19 heavy (non-hydrogen) atoms. The summed E-state index contributed by atoms with van der Waals surface area (Å²) in [4.78, 5) is 4.12. The summed E-state index contributed by atoms with van der Waals surface area (Å²) in [7, 11) is 3.38. The molecule has 0 spiro atoms. The molecule has 0 fully saturated rings. The van der Waals surface area contributed by atoms with E-state index >= 15 is 0 Å². The van der Waals surface area contributed by atoms with Gasteiger partial charge in [-0.25, -0.2) is 0 Å². The maximum atomic E-state index is 9.46. The van der Waals surface area contributed by atoms with Gasteiger partial charge in [0.2, 0.25) is 0 Å². The summed E-state index contributed by atoms with van der Waals surface area (Å²) in [5, 5.41) is 15.8. The molecule has 3 N–H and O–H groups in total. The van der Waals surface area contributed by atoms with Gasteiger partial charge in [-0.15, -0.1) is 0 Å². The zero-order valence-electron chi connectivity index (χ0n) is 11.6. The lowest BCUT2D eigenvalue weighted by atomic mass is 10.0. The zero-order valence-corrected chi connectivity index (χ0v) is 11.6. The average molecular weight is 265 g/mol. The number of nitrogens with zero attached hydrogens (tertiary/aromatic N) is 1. The molecule has 0 aliphatic rings. The highest BCUT2D eigenvalue weighted by Crippen LogP contribution is 2.13. The Labute approximate surface area is 114 Å². The second kappa shape index (κ2) is 9.35. The molecule has 1 rings (SSSR count). The fourth-order valence-electron chi connectivity index (χ4n) is 1.72. The molecule has 0 aliphatic heterocycles. The number of ether oxygens (including phenoxy) is 1. The van der Waals surface area contributed by atoms with Crippen molar-refractivity contribution in [2.24, 2.45) is 4.99 Å². The minimum Gasteiger partial charge on any atom is -0.396 e. The summed E-state index contributed by atoms with van der Waals surface area (Å²) in [5.74, 6) is 0.772. The van der Waals surface area contributed by atoms with Gasteiger partial charge in [-0.2, -0.15) is 0 Å². The molecule has 0 amide bonds. The van der Waals surface area contributed by atoms with Gasteiger partial charge < -0.3 is 20.5 Å². The second-order valence-corrected chi connectivity index (χ2v) is 4.16. The Hall–Kier alpha value is -1.59. The largest absolute Gasteiger partial charge is 0.396 e. The third-order valence-corrected chi connectivity index (χ3v) is 2.83. The van der Waals surface area contributed by atoms with Crippen LogP contribution in [0.15, 0.2) is 35.3 Å². The summed E-state index contributed by atoms with van der Waals surface area (Å²) in [6.07, 6.45) is 0. The van der Waals surface area contributed by atoms with Gasteiger partial charge in [0.05, 0.1) is 13.2 Å². The minimum absolute atomic E-state index is 0.0576. The normalized spacial score (nSPS) is 13.1. The van der Waals surface area contributed by atoms with Crippen LogP contribution in [0.4, 0.5) is 0 Å². The highest BCUT2D eigenvalue weighted by atomic mass is 16.5. The Kier molecular flexibility index (Phi) is 7.62. The molecule has 1 aromatic carbocycles. The van der Waals surface area contributed by atoms with Crippen LogP contribution in [-0.2, 0) is 4.74 Å². The first-order valence-electron chi connectivity index (χ1n) is 6.41. The molecule has 0 heterocycles. The molecule has 5 nitrogen and oxygen atoms in total. The molecule has 0 aromatic heterocycles. The van der Waals surface area contributed by atoms with Crippen molar-refractivity contribution in [3.8, 4) is 0 Å². The molecule has 0 aliphatic carbocycles. The lowest BCUT2D eigenvalue weighted by molar-refractivity contribution is 0.203. The van der Waals surface area contributed by atoms with Gasteiger partial charge in [-0.3, -0.25) is 4.99 Å². The van der Waals surface area contributed by atoms with E-state index < -0.39 is 0 Å². The van der Waals surface area contributed by atoms with Crippen molar-refractivity contribution in [1.29, 1.82) is 0 Å². The van der Waals surface area contributed by atoms with Gasteiger partial charge in [-0.1, -0.05) is 30.3 Å². The summed E-state index contributed by atoms with van der Waals surface area (Å²) < 4.78 is 4.97. The van der Waals surface area contributed by atoms with Crippen LogP contribution in [0, 0.1) is 0 Å². The van der Waals surface area contributed by atoms with E-state index in [1.165, 1.54) is 0 Å². The van der Waals surface area contributed by atoms with E-state index in [1.807, 2.05) is 30.3 Å². The van der Waals surface area contributed by atoms with E-state index in [1.54, 1.807) is 14.2 Å². The standard InChI is InChI=1S/C14H23N3O2/c1-15-14(16-8-9-19-2)17-10-13(11-18)12-6-4-3-5-7-12/h3-7,13,18H,8-11H2,1-2H3,(H2,15,16,17). The SMILES string of the molecule is CN=C(NCCOC)NCC(CO)c1ccccc1. The van der Waals surface area contributed by atoms with Crippen molar-refractivity contribution in [3.63, 3.8) is 0 Å².